The number of halogens is 1. The lowest BCUT2D eigenvalue weighted by Crippen LogP contribution is -2.23. The summed E-state index contributed by atoms with van der Waals surface area (Å²) in [5.41, 5.74) is 0. The molecular weight excluding hydrogens is 382 g/mol. The van der Waals surface area contributed by atoms with Crippen molar-refractivity contribution >= 4 is 33.2 Å². The molecule has 0 saturated carbocycles. The van der Waals surface area contributed by atoms with Gasteiger partial charge in [-0.2, -0.15) is 4.98 Å². The summed E-state index contributed by atoms with van der Waals surface area (Å²) in [6, 6.07) is 7.54. The van der Waals surface area contributed by atoms with Crippen molar-refractivity contribution in [2.45, 2.75) is 18.9 Å². The Morgan fingerprint density at radius 1 is 1.39 bits per heavy atom. The van der Waals surface area contributed by atoms with E-state index < -0.39 is 0 Å². The summed E-state index contributed by atoms with van der Waals surface area (Å²) in [6.07, 6.45) is 0.409. The van der Waals surface area contributed by atoms with Crippen LogP contribution in [0.4, 0.5) is 0 Å². The first-order valence-corrected chi connectivity index (χ1v) is 8.76. The van der Waals surface area contributed by atoms with Crippen molar-refractivity contribution in [2.24, 2.45) is 0 Å². The molecule has 4 rings (SSSR count). The van der Waals surface area contributed by atoms with Crippen LogP contribution in [0.15, 0.2) is 43.3 Å². The highest BCUT2D eigenvalue weighted by molar-refractivity contribution is 9.10. The topological polar surface area (TPSA) is 72.4 Å². The molecule has 3 aromatic rings. The van der Waals surface area contributed by atoms with Crippen molar-refractivity contribution in [3.8, 4) is 11.7 Å². The van der Waals surface area contributed by atoms with Crippen LogP contribution in [0.1, 0.15) is 23.0 Å². The molecule has 1 atom stereocenters. The zero-order valence-corrected chi connectivity index (χ0v) is 14.3. The van der Waals surface area contributed by atoms with Crippen LogP contribution in [0.3, 0.4) is 0 Å². The lowest BCUT2D eigenvalue weighted by molar-refractivity contribution is -0.128. The van der Waals surface area contributed by atoms with Gasteiger partial charge in [-0.25, -0.2) is 0 Å². The van der Waals surface area contributed by atoms with Gasteiger partial charge in [0.15, 0.2) is 16.3 Å². The lowest BCUT2D eigenvalue weighted by atomic mass is 10.1. The Kier molecular flexibility index (Phi) is 3.78. The first-order valence-electron chi connectivity index (χ1n) is 7.08. The van der Waals surface area contributed by atoms with Crippen molar-refractivity contribution in [1.82, 2.24) is 15.0 Å². The second-order valence-corrected chi connectivity index (χ2v) is 7.13. The van der Waals surface area contributed by atoms with Crippen molar-refractivity contribution < 1.29 is 13.7 Å². The zero-order chi connectivity index (χ0) is 15.8. The second kappa shape index (κ2) is 5.93. The third kappa shape index (κ3) is 2.96. The van der Waals surface area contributed by atoms with E-state index in [9.17, 15) is 4.79 Å². The van der Waals surface area contributed by atoms with Gasteiger partial charge in [-0.3, -0.25) is 4.79 Å². The quantitative estimate of drug-likeness (QED) is 0.675. The fourth-order valence-corrected chi connectivity index (χ4v) is 3.64. The van der Waals surface area contributed by atoms with Crippen LogP contribution in [0.2, 0.25) is 0 Å². The minimum atomic E-state index is -0.0432. The number of carbonyl (C=O) groups excluding carboxylic acids is 1. The molecule has 3 aromatic heterocycles. The van der Waals surface area contributed by atoms with Gasteiger partial charge in [0, 0.05) is 23.8 Å². The van der Waals surface area contributed by atoms with Crippen LogP contribution in [0.25, 0.3) is 11.7 Å². The van der Waals surface area contributed by atoms with Crippen molar-refractivity contribution in [3.05, 3.63) is 45.0 Å². The molecule has 1 aliphatic rings. The molecule has 23 heavy (non-hydrogen) atoms. The van der Waals surface area contributed by atoms with E-state index in [1.54, 1.807) is 23.5 Å². The van der Waals surface area contributed by atoms with Gasteiger partial charge >= 0.3 is 0 Å². The van der Waals surface area contributed by atoms with Gasteiger partial charge in [-0.1, -0.05) is 11.2 Å². The van der Waals surface area contributed by atoms with Gasteiger partial charge < -0.3 is 13.8 Å². The molecule has 1 fully saturated rings. The van der Waals surface area contributed by atoms with Crippen LogP contribution in [-0.2, 0) is 11.3 Å². The largest absolute Gasteiger partial charge is 0.444 e. The molecule has 0 aliphatic carbocycles. The maximum atomic E-state index is 12.2. The van der Waals surface area contributed by atoms with Gasteiger partial charge in [0.25, 0.3) is 5.89 Å². The van der Waals surface area contributed by atoms with E-state index in [1.807, 2.05) is 22.4 Å². The fraction of sp³-hybridized carbons (Fsp3) is 0.267. The SMILES string of the molecule is O=C1CC(c2noc(-c3ccc(Br)o3)n2)CN1Cc1cccs1. The van der Waals surface area contributed by atoms with Gasteiger partial charge in [-0.05, 0) is 39.5 Å². The zero-order valence-electron chi connectivity index (χ0n) is 11.9. The van der Waals surface area contributed by atoms with Gasteiger partial charge in [0.2, 0.25) is 5.91 Å². The number of hydrogen-bond donors (Lipinski definition) is 0. The number of thiophene rings is 1. The Bertz CT molecular complexity index is 827. The van der Waals surface area contributed by atoms with Crippen molar-refractivity contribution in [1.29, 1.82) is 0 Å². The molecule has 0 spiro atoms. The van der Waals surface area contributed by atoms with Gasteiger partial charge in [-0.15, -0.1) is 11.3 Å². The van der Waals surface area contributed by atoms with E-state index in [0.717, 1.165) is 0 Å². The number of hydrogen-bond acceptors (Lipinski definition) is 6. The highest BCUT2D eigenvalue weighted by Gasteiger charge is 2.34. The Hall–Kier alpha value is -1.93. The Morgan fingerprint density at radius 2 is 2.30 bits per heavy atom. The summed E-state index contributed by atoms with van der Waals surface area (Å²) < 4.78 is 11.3. The van der Waals surface area contributed by atoms with Crippen LogP contribution in [-0.4, -0.2) is 27.5 Å². The Morgan fingerprint density at radius 3 is 3.04 bits per heavy atom. The first kappa shape index (κ1) is 14.6. The molecule has 4 heterocycles. The molecule has 8 heteroatoms. The highest BCUT2D eigenvalue weighted by Crippen LogP contribution is 2.30. The minimum Gasteiger partial charge on any atom is -0.444 e. The first-order chi connectivity index (χ1) is 11.2. The molecule has 0 radical (unpaired) electrons. The van der Waals surface area contributed by atoms with E-state index >= 15 is 0 Å². The molecule has 0 bridgehead atoms. The summed E-state index contributed by atoms with van der Waals surface area (Å²) >= 11 is 4.89. The van der Waals surface area contributed by atoms with E-state index in [0.29, 0.717) is 41.7 Å². The smallest absolute Gasteiger partial charge is 0.293 e. The molecule has 118 valence electrons. The molecule has 0 N–H and O–H groups in total. The fourth-order valence-electron chi connectivity index (χ4n) is 2.62. The molecule has 6 nitrogen and oxygen atoms in total. The third-order valence-corrected chi connectivity index (χ3v) is 5.02. The minimum absolute atomic E-state index is 0.0432. The van der Waals surface area contributed by atoms with Crippen molar-refractivity contribution in [2.75, 3.05) is 6.54 Å². The Balaban J connectivity index is 1.49. The number of nitrogens with zero attached hydrogens (tertiary/aromatic N) is 3. The third-order valence-electron chi connectivity index (χ3n) is 3.73. The maximum Gasteiger partial charge on any atom is 0.293 e. The standard InChI is InChI=1S/C15H12BrN3O3S/c16-12-4-3-11(21-12)15-17-14(18-22-15)9-6-13(20)19(7-9)8-10-2-1-5-23-10/h1-5,9H,6-8H2. The van der Waals surface area contributed by atoms with E-state index in [4.69, 9.17) is 8.94 Å². The summed E-state index contributed by atoms with van der Waals surface area (Å²) in [4.78, 5) is 19.6. The summed E-state index contributed by atoms with van der Waals surface area (Å²) in [7, 11) is 0. The molecule has 0 aromatic carbocycles. The monoisotopic (exact) mass is 393 g/mol. The number of furan rings is 1. The predicted octanol–water partition coefficient (Wildman–Crippen LogP) is 3.67. The molecule has 1 amide bonds. The van der Waals surface area contributed by atoms with Crippen molar-refractivity contribution in [3.63, 3.8) is 0 Å². The predicted molar refractivity (Wildman–Crippen MR) is 86.8 cm³/mol. The average molecular weight is 394 g/mol. The van der Waals surface area contributed by atoms with E-state index in [-0.39, 0.29) is 11.8 Å². The van der Waals surface area contributed by atoms with Crippen LogP contribution < -0.4 is 0 Å². The Labute approximate surface area is 144 Å². The lowest BCUT2D eigenvalue weighted by Gasteiger charge is -2.14. The number of carbonyl (C=O) groups is 1. The van der Waals surface area contributed by atoms with Crippen LogP contribution in [0, 0.1) is 0 Å². The average Bonchev–Trinajstić information content (AvgIpc) is 3.28. The van der Waals surface area contributed by atoms with Crippen LogP contribution >= 0.6 is 27.3 Å². The highest BCUT2D eigenvalue weighted by atomic mass is 79.9. The number of rotatable bonds is 4. The van der Waals surface area contributed by atoms with Crippen LogP contribution in [0.5, 0.6) is 0 Å². The molecular formula is C15H12BrN3O3S. The molecule has 1 saturated heterocycles. The number of likely N-dealkylation sites (tertiary alicyclic amines) is 1. The summed E-state index contributed by atoms with van der Waals surface area (Å²) in [5.74, 6) is 1.47. The molecule has 1 aliphatic heterocycles. The summed E-state index contributed by atoms with van der Waals surface area (Å²) in [6.45, 7) is 1.25. The normalized spacial score (nSPS) is 18.0. The van der Waals surface area contributed by atoms with E-state index in [2.05, 4.69) is 26.1 Å². The maximum absolute atomic E-state index is 12.2. The van der Waals surface area contributed by atoms with Gasteiger partial charge in [0.05, 0.1) is 6.54 Å². The molecule has 1 unspecified atom stereocenters. The van der Waals surface area contributed by atoms with E-state index in [1.165, 1.54) is 4.88 Å². The second-order valence-electron chi connectivity index (χ2n) is 5.32. The van der Waals surface area contributed by atoms with Gasteiger partial charge in [0.1, 0.15) is 0 Å². The number of aromatic nitrogens is 2. The summed E-state index contributed by atoms with van der Waals surface area (Å²) in [5, 5.41) is 6.03. The number of amides is 1.